The SMILES string of the molecule is CC(=O)N[C@@H](CC(C)C)C(=O)N[C@H](C(=O)N[C@@H](Cc1ccccc1)C(=O)N[C@]1(C)CCCCC#CC#CCCC[C@@](C)(C(=O)CN[C@@H](C)C(=O)CCN[C@@H](C)C(=O)CCN[C@@H](C)C(=O)CCN[C@@H](C)C(=O)CCN[C@@H](C)C(=O)CN[C@H](C)C(N)=O)NC(=O)[C@H](CC(C)C)NN[C@@H](CCC(N)=O)C(=O)CC(=O)[C@H](C)NCC(=O)[C@H](Cc2c[nH]c3ccccc23)NC(=O)[C@H](Cc2ccc(O)cc2)NC(=O)[C@H](CCC(=O)O)NC1=O)[C@@H](C)O. The van der Waals surface area contributed by atoms with E-state index in [9.17, 15) is 87.2 Å². The molecule has 18 atom stereocenters. The van der Waals surface area contributed by atoms with Crippen LogP contribution in [0.2, 0.25) is 0 Å². The van der Waals surface area contributed by atoms with Crippen molar-refractivity contribution in [3.63, 3.8) is 0 Å². The van der Waals surface area contributed by atoms with E-state index >= 15 is 24.0 Å². The van der Waals surface area contributed by atoms with Crippen LogP contribution in [0.15, 0.2) is 85.1 Å². The Morgan fingerprint density at radius 2 is 1.03 bits per heavy atom. The van der Waals surface area contributed by atoms with Gasteiger partial charge in [-0.2, -0.15) is 0 Å². The van der Waals surface area contributed by atoms with Gasteiger partial charge in [-0.15, -0.1) is 0 Å². The average molecular weight is 2090 g/mol. The molecule has 0 saturated carbocycles. The summed E-state index contributed by atoms with van der Waals surface area (Å²) in [6.07, 6.45) is -2.97. The van der Waals surface area contributed by atoms with Crippen molar-refractivity contribution in [3.8, 4) is 29.4 Å². The number of aliphatic hydroxyl groups excluding tert-OH is 1. The van der Waals surface area contributed by atoms with E-state index < -0.39 is 228 Å². The third-order valence-corrected chi connectivity index (χ3v) is 26.0. The summed E-state index contributed by atoms with van der Waals surface area (Å²) in [6.45, 7) is 23.1. The number of aliphatic hydroxyl groups is 1. The Balaban J connectivity index is 1.47. The highest BCUT2D eigenvalue weighted by molar-refractivity contribution is 6.05. The molecule has 25 N–H and O–H groups in total. The highest BCUT2D eigenvalue weighted by Crippen LogP contribution is 2.24. The van der Waals surface area contributed by atoms with Crippen LogP contribution in [0.3, 0.4) is 0 Å². The quantitative estimate of drug-likeness (QED) is 0.0207. The number of carbonyl (C=O) groups excluding carboxylic acids is 19. The molecule has 5 rings (SSSR count). The number of H-pyrrole nitrogens is 1. The van der Waals surface area contributed by atoms with Crippen molar-refractivity contribution >= 4 is 128 Å². The second-order valence-electron chi connectivity index (χ2n) is 40.0. The smallest absolute Gasteiger partial charge is 0.303 e. The number of nitrogens with one attached hydrogen (secondary N) is 18. The number of Topliss-reactive ketones (excluding diaryl/α,β-unsaturated/α-hetero) is 9. The molecule has 4 aromatic rings. The van der Waals surface area contributed by atoms with Crippen LogP contribution in [0, 0.1) is 35.5 Å². The van der Waals surface area contributed by atoms with Gasteiger partial charge in [0.2, 0.25) is 59.1 Å². The lowest BCUT2D eigenvalue weighted by Crippen LogP contribution is -2.65. The number of hydrogen-bond acceptors (Lipinski definition) is 31. The van der Waals surface area contributed by atoms with Crippen LogP contribution in [0.25, 0.3) is 10.9 Å². The zero-order chi connectivity index (χ0) is 112. The van der Waals surface area contributed by atoms with Gasteiger partial charge in [-0.3, -0.25) is 101 Å². The van der Waals surface area contributed by atoms with Gasteiger partial charge in [0, 0.05) is 121 Å². The van der Waals surface area contributed by atoms with E-state index in [0.717, 1.165) is 0 Å². The number of aromatic amines is 1. The fourth-order valence-corrected chi connectivity index (χ4v) is 16.3. The molecule has 1 aliphatic rings. The van der Waals surface area contributed by atoms with E-state index in [4.69, 9.17) is 11.5 Å². The Hall–Kier alpha value is -13.1. The summed E-state index contributed by atoms with van der Waals surface area (Å²) in [4.78, 5) is 281. The van der Waals surface area contributed by atoms with Crippen LogP contribution in [-0.2, 0) is 115 Å². The minimum absolute atomic E-state index is 0.0360. The minimum Gasteiger partial charge on any atom is -0.508 e. The van der Waals surface area contributed by atoms with Gasteiger partial charge in [0.05, 0.1) is 92.1 Å². The molecule has 2 heterocycles. The Bertz CT molecular complexity index is 5400. The molecule has 1 aliphatic heterocycles. The van der Waals surface area contributed by atoms with E-state index in [-0.39, 0.29) is 195 Å². The molecular weight excluding hydrogens is 1930 g/mol. The summed E-state index contributed by atoms with van der Waals surface area (Å²) >= 11 is 0. The molecule has 0 radical (unpaired) electrons. The van der Waals surface area contributed by atoms with Crippen LogP contribution >= 0.6 is 0 Å². The van der Waals surface area contributed by atoms with Gasteiger partial charge in [-0.05, 0) is 186 Å². The van der Waals surface area contributed by atoms with Gasteiger partial charge in [-0.25, -0.2) is 10.9 Å². The number of aromatic hydroxyl groups is 1. The normalized spacial score (nSPS) is 21.0. The second-order valence-corrected chi connectivity index (χ2v) is 40.0. The van der Waals surface area contributed by atoms with Crippen molar-refractivity contribution in [1.29, 1.82) is 0 Å². The zero-order valence-corrected chi connectivity index (χ0v) is 88.9. The number of primary amides is 2. The molecule has 150 heavy (non-hydrogen) atoms. The maximum Gasteiger partial charge on any atom is 0.303 e. The minimum atomic E-state index is -2.11. The largest absolute Gasteiger partial charge is 0.508 e. The van der Waals surface area contributed by atoms with Crippen molar-refractivity contribution in [2.75, 3.05) is 45.8 Å². The number of aromatic nitrogens is 1. The number of fused-ring (bicyclic) bond motifs is 1. The summed E-state index contributed by atoms with van der Waals surface area (Å²) in [6, 6.07) is 3.43. The Labute approximate surface area is 877 Å². The number of phenolic OH excluding ortho intramolecular Hbond substituents is 1. The van der Waals surface area contributed by atoms with Crippen molar-refractivity contribution in [1.82, 2.24) is 95.6 Å². The molecule has 0 aliphatic carbocycles. The van der Waals surface area contributed by atoms with E-state index in [2.05, 4.69) is 119 Å². The molecule has 10 amide bonds. The average Bonchev–Trinajstić information content (AvgIpc) is 1.54. The van der Waals surface area contributed by atoms with E-state index in [0.29, 0.717) is 27.6 Å². The Kier molecular flexibility index (Phi) is 55.3. The zero-order valence-electron chi connectivity index (χ0n) is 88.9. The molecule has 43 heteroatoms. The molecule has 0 bridgehead atoms. The predicted molar refractivity (Wildman–Crippen MR) is 562 cm³/mol. The number of rotatable bonds is 53. The molecule has 824 valence electrons. The maximum atomic E-state index is 15.6. The molecule has 3 aromatic carbocycles. The van der Waals surface area contributed by atoms with E-state index in [1.807, 2.05) is 13.8 Å². The molecule has 1 aromatic heterocycles. The van der Waals surface area contributed by atoms with Gasteiger partial charge in [0.1, 0.15) is 47.5 Å². The number of benzene rings is 3. The number of carbonyl (C=O) groups is 20. The molecule has 0 saturated heterocycles. The highest BCUT2D eigenvalue weighted by Gasteiger charge is 2.43. The number of carboxylic acids is 1. The fourth-order valence-electron chi connectivity index (χ4n) is 16.3. The summed E-state index contributed by atoms with van der Waals surface area (Å²) in [7, 11) is 0. The number of ketones is 9. The first-order chi connectivity index (χ1) is 70.8. The first kappa shape index (κ1) is 127. The number of phenols is 1. The van der Waals surface area contributed by atoms with E-state index in [1.165, 1.54) is 58.9 Å². The van der Waals surface area contributed by atoms with Gasteiger partial charge in [0.15, 0.2) is 52.0 Å². The first-order valence-corrected chi connectivity index (χ1v) is 51.4. The summed E-state index contributed by atoms with van der Waals surface area (Å²) < 4.78 is 0. The lowest BCUT2D eigenvalue weighted by molar-refractivity contribution is -0.140. The molecule has 0 unspecified atom stereocenters. The molecule has 43 nitrogen and oxygen atoms in total. The first-order valence-electron chi connectivity index (χ1n) is 51.4. The lowest BCUT2D eigenvalue weighted by atomic mass is 9.88. The van der Waals surface area contributed by atoms with Crippen molar-refractivity contribution in [2.24, 2.45) is 23.3 Å². The van der Waals surface area contributed by atoms with Gasteiger partial charge >= 0.3 is 5.97 Å². The summed E-state index contributed by atoms with van der Waals surface area (Å²) in [5, 5.41) is 74.7. The monoisotopic (exact) mass is 2090 g/mol. The highest BCUT2D eigenvalue weighted by atomic mass is 16.4. The lowest BCUT2D eigenvalue weighted by Gasteiger charge is -2.34. The predicted octanol–water partition coefficient (Wildman–Crippen LogP) is 0.170. The van der Waals surface area contributed by atoms with Crippen molar-refractivity contribution in [2.45, 2.75) is 347 Å². The van der Waals surface area contributed by atoms with Crippen LogP contribution < -0.4 is 102 Å². The number of hydrogen-bond donors (Lipinski definition) is 23. The maximum absolute atomic E-state index is 15.6. The van der Waals surface area contributed by atoms with Crippen molar-refractivity contribution < 1.29 is 111 Å². The number of hydrazine groups is 1. The third-order valence-electron chi connectivity index (χ3n) is 26.0. The number of carboxylic acid groups (broad SMARTS) is 1. The van der Waals surface area contributed by atoms with E-state index in [1.54, 1.807) is 116 Å². The molecule has 0 spiro atoms. The van der Waals surface area contributed by atoms with Crippen molar-refractivity contribution in [3.05, 3.63) is 102 Å². The summed E-state index contributed by atoms with van der Waals surface area (Å²) in [5.74, 6) is -3.02. The van der Waals surface area contributed by atoms with Crippen LogP contribution in [0.1, 0.15) is 236 Å². The molecular formula is C107H158N20O23. The third kappa shape index (κ3) is 46.2. The number of para-hydroxylation sites is 1. The van der Waals surface area contributed by atoms with Gasteiger partial charge in [-0.1, -0.05) is 100 Å². The number of nitrogens with two attached hydrogens (primary N) is 2. The number of aliphatic carboxylic acids is 1. The van der Waals surface area contributed by atoms with Crippen LogP contribution in [0.4, 0.5) is 0 Å². The Morgan fingerprint density at radius 3 is 1.59 bits per heavy atom. The Morgan fingerprint density at radius 1 is 0.500 bits per heavy atom. The van der Waals surface area contributed by atoms with Gasteiger partial charge < -0.3 is 106 Å². The topological polar surface area (TPSA) is 674 Å². The number of amides is 10. The summed E-state index contributed by atoms with van der Waals surface area (Å²) in [5.41, 5.74) is 14.8. The van der Waals surface area contributed by atoms with Crippen LogP contribution in [0.5, 0.6) is 5.75 Å². The standard InChI is InChI=1S/C107H158N20O23/c1-62(2)52-82(118-72(13)129)101(146)123-97(71(12)128)104(149)121-84(54-73-30-24-23-25-31-73)102(147)125-107(15)47-29-22-20-18-16-17-19-21-28-46-106(14,94(139)61-116-67(8)89(134)45-50-112-65(6)87(132)43-48-110-64(5)86(131)42-49-111-66(7)88(133)44-51-113-69(10)92(137)59-115-70(11)98(109)143)124-103(148)85(53-63(3)4)127-126-79(38-40-95(108)140)91(136)57-90(135)68(9)114-60-93(138)81(56-75-58-117-78-33-27-26-32-77(75)78)119-100(145)83(55-74-34-36-76(130)37-35-74)120-99(144)80(122-105(107)150)39-41-96(141)142/h23-27,30-37,58,62-71,79-85,97,110-117,126-128,130H,20-22,28-29,38-57,59-61H2,1-15H3,(H2,108,140)(H2,109,143)(H,118,129)(H,119,145)(H,120,144)(H,121,149)(H,122,150)(H,123,146)(H,124,148)(H,125,147)(H,141,142)/t64-,65-,66-,67-,68-,69-,70+,71+,79-,80-,81-,82-,83-,84-,85-,97-,106-,107+/m0/s1. The van der Waals surface area contributed by atoms with Gasteiger partial charge in [0.25, 0.3) is 0 Å². The molecule has 0 fully saturated rings. The fraction of sp³-hybridized carbons (Fsp3) is 0.589. The second kappa shape index (κ2) is 65.1. The van der Waals surface area contributed by atoms with Crippen LogP contribution in [-0.4, -0.2) is 291 Å².